The van der Waals surface area contributed by atoms with Gasteiger partial charge >= 0.3 is 6.03 Å². The van der Waals surface area contributed by atoms with Crippen molar-refractivity contribution in [3.8, 4) is 5.75 Å². The van der Waals surface area contributed by atoms with E-state index in [1.807, 2.05) is 46.9 Å². The number of carbonyl (C=O) groups excluding carboxylic acids is 1. The Morgan fingerprint density at radius 1 is 1.18 bits per heavy atom. The highest BCUT2D eigenvalue weighted by Crippen LogP contribution is 2.40. The van der Waals surface area contributed by atoms with Crippen molar-refractivity contribution in [2.24, 2.45) is 0 Å². The fourth-order valence-electron chi connectivity index (χ4n) is 4.77. The lowest BCUT2D eigenvalue weighted by Gasteiger charge is -2.36. The van der Waals surface area contributed by atoms with Crippen molar-refractivity contribution < 1.29 is 19.0 Å². The van der Waals surface area contributed by atoms with Gasteiger partial charge in [0, 0.05) is 67.5 Å². The first-order valence-corrected chi connectivity index (χ1v) is 13.4. The van der Waals surface area contributed by atoms with Gasteiger partial charge in [0.2, 0.25) is 5.79 Å². The largest absolute Gasteiger partial charge is 0.491 e. The van der Waals surface area contributed by atoms with Crippen LogP contribution in [0.4, 0.5) is 10.5 Å². The van der Waals surface area contributed by atoms with Crippen LogP contribution in [0.3, 0.4) is 0 Å². The van der Waals surface area contributed by atoms with Crippen molar-refractivity contribution in [3.63, 3.8) is 0 Å². The van der Waals surface area contributed by atoms with Crippen LogP contribution in [0.15, 0.2) is 61.2 Å². The second-order valence-electron chi connectivity index (χ2n) is 9.28. The highest BCUT2D eigenvalue weighted by Gasteiger charge is 2.45. The molecule has 0 saturated carbocycles. The molecular formula is C27H31Cl2N5O4. The van der Waals surface area contributed by atoms with Gasteiger partial charge in [-0.3, -0.25) is 0 Å². The van der Waals surface area contributed by atoms with E-state index < -0.39 is 5.79 Å². The van der Waals surface area contributed by atoms with Crippen LogP contribution in [-0.4, -0.2) is 72.5 Å². The van der Waals surface area contributed by atoms with E-state index in [-0.39, 0.29) is 12.1 Å². The molecule has 2 saturated heterocycles. The SMILES string of the molecule is CCNC(=O)N1CCN(c2cccc(OC[C@@H]3CO[C@@](Cn4ccnc4)(c4ccc(Cl)cc4Cl)O3)c2)CC1. The highest BCUT2D eigenvalue weighted by molar-refractivity contribution is 6.35. The maximum absolute atomic E-state index is 12.1. The summed E-state index contributed by atoms with van der Waals surface area (Å²) in [6.45, 7) is 6.47. The number of hydrogen-bond donors (Lipinski definition) is 1. The molecule has 2 aliphatic rings. The summed E-state index contributed by atoms with van der Waals surface area (Å²) < 4.78 is 20.8. The first kappa shape index (κ1) is 26.6. The molecule has 3 heterocycles. The molecule has 0 unspecified atom stereocenters. The van der Waals surface area contributed by atoms with E-state index in [2.05, 4.69) is 21.3 Å². The van der Waals surface area contributed by atoms with Gasteiger partial charge in [0.15, 0.2) is 0 Å². The summed E-state index contributed by atoms with van der Waals surface area (Å²) in [6.07, 6.45) is 4.96. The number of benzene rings is 2. The van der Waals surface area contributed by atoms with Crippen LogP contribution in [-0.2, 0) is 21.8 Å². The molecule has 38 heavy (non-hydrogen) atoms. The number of ether oxygens (including phenoxy) is 3. The van der Waals surface area contributed by atoms with Gasteiger partial charge in [0.25, 0.3) is 0 Å². The predicted octanol–water partition coefficient (Wildman–Crippen LogP) is 4.39. The molecule has 11 heteroatoms. The molecule has 202 valence electrons. The van der Waals surface area contributed by atoms with Crippen LogP contribution in [0, 0.1) is 0 Å². The average Bonchev–Trinajstić information content (AvgIpc) is 3.58. The molecule has 2 aliphatic heterocycles. The molecule has 0 radical (unpaired) electrons. The number of aromatic nitrogens is 2. The summed E-state index contributed by atoms with van der Waals surface area (Å²) in [5.74, 6) is -0.351. The zero-order chi connectivity index (χ0) is 26.5. The fraction of sp³-hybridized carbons (Fsp3) is 0.407. The van der Waals surface area contributed by atoms with Crippen molar-refractivity contribution in [2.75, 3.05) is 50.8 Å². The first-order valence-electron chi connectivity index (χ1n) is 12.7. The van der Waals surface area contributed by atoms with E-state index in [1.54, 1.807) is 24.7 Å². The Morgan fingerprint density at radius 2 is 2.03 bits per heavy atom. The van der Waals surface area contributed by atoms with Crippen LogP contribution >= 0.6 is 23.2 Å². The zero-order valence-electron chi connectivity index (χ0n) is 21.2. The van der Waals surface area contributed by atoms with Gasteiger partial charge in [-0.15, -0.1) is 0 Å². The van der Waals surface area contributed by atoms with E-state index in [4.69, 9.17) is 37.4 Å². The number of carbonyl (C=O) groups is 1. The molecule has 0 aliphatic carbocycles. The summed E-state index contributed by atoms with van der Waals surface area (Å²) in [4.78, 5) is 20.3. The number of hydrogen-bond acceptors (Lipinski definition) is 6. The standard InChI is InChI=1S/C27H31Cl2N5O4/c1-2-31-26(35)34-12-10-33(11-13-34)21-4-3-5-22(15-21)36-16-23-17-37-27(38-23,18-32-9-8-30-19-32)24-7-6-20(28)14-25(24)29/h3-9,14-15,19,23H,2,10-13,16-18H2,1H3,(H,31,35)/t23-,27-/m1/s1. The Bertz CT molecular complexity index is 1240. The van der Waals surface area contributed by atoms with E-state index in [0.717, 1.165) is 24.5 Å². The van der Waals surface area contributed by atoms with Gasteiger partial charge < -0.3 is 33.9 Å². The van der Waals surface area contributed by atoms with E-state index >= 15 is 0 Å². The Hall–Kier alpha value is -2.98. The second-order valence-corrected chi connectivity index (χ2v) is 10.1. The minimum Gasteiger partial charge on any atom is -0.491 e. The van der Waals surface area contributed by atoms with Crippen molar-refractivity contribution in [3.05, 3.63) is 76.8 Å². The molecule has 5 rings (SSSR count). The van der Waals surface area contributed by atoms with Gasteiger partial charge in [0.05, 0.1) is 24.5 Å². The summed E-state index contributed by atoms with van der Waals surface area (Å²) in [7, 11) is 0. The minimum absolute atomic E-state index is 0.00739. The van der Waals surface area contributed by atoms with Crippen LogP contribution < -0.4 is 15.0 Å². The zero-order valence-corrected chi connectivity index (χ0v) is 22.7. The van der Waals surface area contributed by atoms with Gasteiger partial charge in [-0.05, 0) is 31.2 Å². The first-order chi connectivity index (χ1) is 18.5. The maximum Gasteiger partial charge on any atom is 0.317 e. The lowest BCUT2D eigenvalue weighted by atomic mass is 10.1. The van der Waals surface area contributed by atoms with Crippen molar-refractivity contribution >= 4 is 34.9 Å². The van der Waals surface area contributed by atoms with Crippen molar-refractivity contribution in [1.29, 1.82) is 0 Å². The lowest BCUT2D eigenvalue weighted by molar-refractivity contribution is -0.189. The fourth-order valence-corrected chi connectivity index (χ4v) is 5.32. The number of nitrogens with one attached hydrogen (secondary N) is 1. The Morgan fingerprint density at radius 3 is 2.76 bits per heavy atom. The number of piperazine rings is 1. The second kappa shape index (κ2) is 11.8. The monoisotopic (exact) mass is 559 g/mol. The van der Waals surface area contributed by atoms with E-state index in [9.17, 15) is 4.79 Å². The average molecular weight is 560 g/mol. The number of halogens is 2. The molecule has 2 aromatic carbocycles. The Labute approximate surface area is 232 Å². The number of urea groups is 1. The number of anilines is 1. The van der Waals surface area contributed by atoms with E-state index in [0.29, 0.717) is 55.0 Å². The van der Waals surface area contributed by atoms with Crippen LogP contribution in [0.25, 0.3) is 0 Å². The molecule has 9 nitrogen and oxygen atoms in total. The molecule has 1 aromatic heterocycles. The molecular weight excluding hydrogens is 529 g/mol. The maximum atomic E-state index is 12.1. The highest BCUT2D eigenvalue weighted by atomic mass is 35.5. The molecule has 0 bridgehead atoms. The number of imidazole rings is 1. The lowest BCUT2D eigenvalue weighted by Crippen LogP contribution is -2.51. The molecule has 2 fully saturated rings. The topological polar surface area (TPSA) is 81.1 Å². The Balaban J connectivity index is 1.22. The van der Waals surface area contributed by atoms with Crippen LogP contribution in [0.5, 0.6) is 5.75 Å². The van der Waals surface area contributed by atoms with Gasteiger partial charge in [-0.25, -0.2) is 9.78 Å². The van der Waals surface area contributed by atoms with Gasteiger partial charge in [0.1, 0.15) is 18.5 Å². The van der Waals surface area contributed by atoms with E-state index in [1.165, 1.54) is 0 Å². The normalized spacial score (nSPS) is 21.5. The minimum atomic E-state index is -1.10. The summed E-state index contributed by atoms with van der Waals surface area (Å²) >= 11 is 12.7. The Kier molecular flexibility index (Phi) is 8.28. The summed E-state index contributed by atoms with van der Waals surface area (Å²) in [5, 5.41) is 3.88. The molecule has 0 spiro atoms. The number of rotatable bonds is 8. The van der Waals surface area contributed by atoms with Gasteiger partial charge in [-0.1, -0.05) is 35.3 Å². The smallest absolute Gasteiger partial charge is 0.317 e. The number of nitrogens with zero attached hydrogens (tertiary/aromatic N) is 4. The van der Waals surface area contributed by atoms with Crippen molar-refractivity contribution in [1.82, 2.24) is 19.8 Å². The van der Waals surface area contributed by atoms with Crippen molar-refractivity contribution in [2.45, 2.75) is 25.4 Å². The molecule has 3 aromatic rings. The third kappa shape index (κ3) is 6.02. The third-order valence-corrected chi connectivity index (χ3v) is 7.21. The predicted molar refractivity (Wildman–Crippen MR) is 146 cm³/mol. The third-order valence-electron chi connectivity index (χ3n) is 6.66. The molecule has 2 atom stereocenters. The summed E-state index contributed by atoms with van der Waals surface area (Å²) in [5.41, 5.74) is 1.76. The quantitative estimate of drug-likeness (QED) is 0.441. The summed E-state index contributed by atoms with van der Waals surface area (Å²) in [6, 6.07) is 13.3. The number of amides is 2. The van der Waals surface area contributed by atoms with Crippen LogP contribution in [0.1, 0.15) is 12.5 Å². The molecule has 1 N–H and O–H groups in total. The van der Waals surface area contributed by atoms with Gasteiger partial charge in [-0.2, -0.15) is 0 Å². The van der Waals surface area contributed by atoms with Crippen LogP contribution in [0.2, 0.25) is 10.0 Å². The molecule has 2 amide bonds.